The van der Waals surface area contributed by atoms with Gasteiger partial charge in [-0.2, -0.15) is 0 Å². The number of carbonyl (C=O) groups is 4. The van der Waals surface area contributed by atoms with Gasteiger partial charge in [-0.3, -0.25) is 22.5 Å². The molecule has 4 atom stereocenters. The number of phenolic OH excluding ortho intramolecular Hbond substituents is 1. The first-order valence-electron chi connectivity index (χ1n) is 15.9. The SMILES string of the molecule is C/N=C(\NC)NCCC[C@H](N)C(=O)N(I)[C@@H](Cc1ccc(O)cc1C)C(=O)N[C@@H](CCCCN)C(=O)N[C@@H](Cc1ccccc1)C(=O)O. The van der Waals surface area contributed by atoms with Crippen molar-refractivity contribution in [2.24, 2.45) is 16.5 Å². The van der Waals surface area contributed by atoms with Gasteiger partial charge >= 0.3 is 5.97 Å². The standard InChI is InChI=1S/C33H49IN8O6/c1-21-18-24(43)15-14-23(21)20-28(42(34)31(46)25(36)12-9-17-39-33(37-2)38-3)30(45)40-26(13-7-8-16-35)29(44)41-27(32(47)48)19-22-10-5-4-6-11-22/h4-6,10-11,14-15,18,25-28,43H,7-9,12-13,16-17,19-20,35-36H2,1-3H3,(H,40,45)(H,41,44)(H,47,48)(H2,37,38,39)/t25-,26-,27-,28-/m0/s1. The molecule has 0 aliphatic rings. The zero-order valence-electron chi connectivity index (χ0n) is 27.7. The molecule has 15 heteroatoms. The summed E-state index contributed by atoms with van der Waals surface area (Å²) in [4.78, 5) is 57.2. The van der Waals surface area contributed by atoms with Gasteiger partial charge in [-0.05, 0) is 74.4 Å². The van der Waals surface area contributed by atoms with Gasteiger partial charge < -0.3 is 42.9 Å². The normalized spacial score (nSPS) is 13.8. The van der Waals surface area contributed by atoms with Crippen molar-refractivity contribution in [3.63, 3.8) is 0 Å². The second-order valence-electron chi connectivity index (χ2n) is 11.4. The molecule has 0 radical (unpaired) electrons. The molecule has 0 saturated carbocycles. The van der Waals surface area contributed by atoms with E-state index in [1.807, 2.05) is 6.07 Å². The predicted octanol–water partition coefficient (Wildman–Crippen LogP) is 1.12. The highest BCUT2D eigenvalue weighted by Gasteiger charge is 2.34. The monoisotopic (exact) mass is 780 g/mol. The summed E-state index contributed by atoms with van der Waals surface area (Å²) >= 11 is 1.78. The van der Waals surface area contributed by atoms with E-state index < -0.39 is 47.9 Å². The number of carbonyl (C=O) groups excluding carboxylic acids is 3. The van der Waals surface area contributed by atoms with Gasteiger partial charge in [0.05, 0.1) is 28.9 Å². The lowest BCUT2D eigenvalue weighted by molar-refractivity contribution is -0.142. The number of hydrogen-bond donors (Lipinski definition) is 8. The minimum Gasteiger partial charge on any atom is -0.508 e. The molecule has 2 rings (SSSR count). The Hall–Kier alpha value is -3.96. The van der Waals surface area contributed by atoms with Crippen molar-refractivity contribution in [1.82, 2.24) is 24.4 Å². The summed E-state index contributed by atoms with van der Waals surface area (Å²) < 4.78 is 1.26. The molecule has 10 N–H and O–H groups in total. The Kier molecular flexibility index (Phi) is 17.7. The minimum absolute atomic E-state index is 0.0546. The van der Waals surface area contributed by atoms with Crippen LogP contribution in [0.1, 0.15) is 48.8 Å². The highest BCUT2D eigenvalue weighted by molar-refractivity contribution is 14.1. The molecule has 0 heterocycles. The number of aliphatic carboxylic acids is 1. The Bertz CT molecular complexity index is 1380. The molecule has 2 aromatic rings. The lowest BCUT2D eigenvalue weighted by atomic mass is 9.98. The first-order chi connectivity index (χ1) is 22.9. The molecule has 0 aliphatic carbocycles. The third-order valence-electron chi connectivity index (χ3n) is 7.77. The van der Waals surface area contributed by atoms with Crippen LogP contribution in [0.4, 0.5) is 0 Å². The fraction of sp³-hybridized carbons (Fsp3) is 0.485. The van der Waals surface area contributed by atoms with Gasteiger partial charge in [0.25, 0.3) is 0 Å². The van der Waals surface area contributed by atoms with E-state index in [0.29, 0.717) is 55.9 Å². The number of hydrogen-bond acceptors (Lipinski definition) is 8. The van der Waals surface area contributed by atoms with E-state index in [0.717, 1.165) is 5.56 Å². The Morgan fingerprint density at radius 1 is 0.958 bits per heavy atom. The Balaban J connectivity index is 2.29. The maximum Gasteiger partial charge on any atom is 0.326 e. The molecule has 2 aromatic carbocycles. The third-order valence-corrected chi connectivity index (χ3v) is 8.91. The van der Waals surface area contributed by atoms with E-state index in [-0.39, 0.29) is 25.0 Å². The topological polar surface area (TPSA) is 224 Å². The Morgan fingerprint density at radius 3 is 2.25 bits per heavy atom. The van der Waals surface area contributed by atoms with Crippen LogP contribution in [0.15, 0.2) is 53.5 Å². The molecule has 0 fully saturated rings. The summed E-state index contributed by atoms with van der Waals surface area (Å²) in [6, 6.07) is 9.32. The van der Waals surface area contributed by atoms with Crippen molar-refractivity contribution in [2.45, 2.75) is 76.0 Å². The van der Waals surface area contributed by atoms with E-state index in [2.05, 4.69) is 26.3 Å². The molecular formula is C33H49IN8O6. The molecule has 48 heavy (non-hydrogen) atoms. The molecule has 0 bridgehead atoms. The van der Waals surface area contributed by atoms with Crippen LogP contribution in [0, 0.1) is 6.92 Å². The lowest BCUT2D eigenvalue weighted by Gasteiger charge is -2.30. The van der Waals surface area contributed by atoms with Crippen LogP contribution in [0.25, 0.3) is 0 Å². The number of benzene rings is 2. The predicted molar refractivity (Wildman–Crippen MR) is 193 cm³/mol. The van der Waals surface area contributed by atoms with Crippen molar-refractivity contribution >= 4 is 52.5 Å². The van der Waals surface area contributed by atoms with Crippen LogP contribution < -0.4 is 32.7 Å². The van der Waals surface area contributed by atoms with Crippen LogP contribution in [0.2, 0.25) is 0 Å². The quantitative estimate of drug-likeness (QED) is 0.0334. The second-order valence-corrected chi connectivity index (χ2v) is 12.5. The van der Waals surface area contributed by atoms with Gasteiger partial charge in [0.1, 0.15) is 23.9 Å². The maximum atomic E-state index is 14.0. The summed E-state index contributed by atoms with van der Waals surface area (Å²) in [5.74, 6) is -2.29. The number of unbranched alkanes of at least 4 members (excludes halogenated alkanes) is 1. The first kappa shape index (κ1) is 40.2. The zero-order chi connectivity index (χ0) is 35.6. The largest absolute Gasteiger partial charge is 0.508 e. The molecular weight excluding hydrogens is 731 g/mol. The summed E-state index contributed by atoms with van der Waals surface area (Å²) in [5, 5.41) is 31.2. The fourth-order valence-electron chi connectivity index (χ4n) is 4.99. The van der Waals surface area contributed by atoms with E-state index in [4.69, 9.17) is 11.5 Å². The first-order valence-corrected chi connectivity index (χ1v) is 16.9. The van der Waals surface area contributed by atoms with Gasteiger partial charge in [-0.1, -0.05) is 36.4 Å². The van der Waals surface area contributed by atoms with Gasteiger partial charge in [-0.15, -0.1) is 0 Å². The molecule has 0 aromatic heterocycles. The van der Waals surface area contributed by atoms with Crippen molar-refractivity contribution in [3.8, 4) is 5.75 Å². The van der Waals surface area contributed by atoms with E-state index in [9.17, 15) is 29.4 Å². The molecule has 0 spiro atoms. The van der Waals surface area contributed by atoms with Crippen LogP contribution in [0.5, 0.6) is 5.75 Å². The number of nitrogens with zero attached hydrogens (tertiary/aromatic N) is 2. The van der Waals surface area contributed by atoms with Gasteiger partial charge in [0.15, 0.2) is 5.96 Å². The number of phenols is 1. The van der Waals surface area contributed by atoms with Crippen molar-refractivity contribution in [3.05, 3.63) is 65.2 Å². The lowest BCUT2D eigenvalue weighted by Crippen LogP contribution is -2.57. The maximum absolute atomic E-state index is 14.0. The summed E-state index contributed by atoms with van der Waals surface area (Å²) in [7, 11) is 3.38. The summed E-state index contributed by atoms with van der Waals surface area (Å²) in [6.07, 6.45) is 2.31. The molecule has 264 valence electrons. The van der Waals surface area contributed by atoms with Crippen LogP contribution >= 0.6 is 22.9 Å². The number of nitrogens with one attached hydrogen (secondary N) is 4. The molecule has 0 unspecified atom stereocenters. The molecule has 14 nitrogen and oxygen atoms in total. The molecule has 3 amide bonds. The molecule has 0 aliphatic heterocycles. The third kappa shape index (κ3) is 13.3. The number of carboxylic acids is 1. The number of halogens is 1. The van der Waals surface area contributed by atoms with Crippen molar-refractivity contribution in [2.75, 3.05) is 27.2 Å². The molecule has 0 saturated heterocycles. The number of aryl methyl sites for hydroxylation is 1. The van der Waals surface area contributed by atoms with Crippen molar-refractivity contribution < 1.29 is 29.4 Å². The van der Waals surface area contributed by atoms with E-state index in [1.54, 1.807) is 80.3 Å². The highest BCUT2D eigenvalue weighted by Crippen LogP contribution is 2.22. The van der Waals surface area contributed by atoms with Crippen LogP contribution in [0.3, 0.4) is 0 Å². The van der Waals surface area contributed by atoms with Crippen molar-refractivity contribution in [1.29, 1.82) is 0 Å². The van der Waals surface area contributed by atoms with Gasteiger partial charge in [0.2, 0.25) is 17.7 Å². The number of carboxylic acid groups (broad SMARTS) is 1. The highest BCUT2D eigenvalue weighted by atomic mass is 127. The average molecular weight is 781 g/mol. The number of aliphatic imine (C=N–C) groups is 1. The van der Waals surface area contributed by atoms with E-state index >= 15 is 0 Å². The Morgan fingerprint density at radius 2 is 1.65 bits per heavy atom. The average Bonchev–Trinajstić information content (AvgIpc) is 3.06. The fourth-order valence-corrected chi connectivity index (χ4v) is 5.80. The van der Waals surface area contributed by atoms with Gasteiger partial charge in [0, 0.05) is 33.5 Å². The minimum atomic E-state index is -1.23. The smallest absolute Gasteiger partial charge is 0.326 e. The number of rotatable bonds is 19. The zero-order valence-corrected chi connectivity index (χ0v) is 29.9. The second kappa shape index (κ2) is 21.1. The number of amides is 3. The van der Waals surface area contributed by atoms with Gasteiger partial charge in [-0.25, -0.2) is 4.79 Å². The summed E-state index contributed by atoms with van der Waals surface area (Å²) in [6.45, 7) is 2.68. The van der Waals surface area contributed by atoms with Crippen LogP contribution in [-0.2, 0) is 32.0 Å². The number of aromatic hydroxyl groups is 1. The van der Waals surface area contributed by atoms with E-state index in [1.165, 1.54) is 9.18 Å². The Labute approximate surface area is 296 Å². The number of guanidine groups is 1. The summed E-state index contributed by atoms with van der Waals surface area (Å²) in [5.41, 5.74) is 14.1. The van der Waals surface area contributed by atoms with Crippen LogP contribution in [-0.4, -0.2) is 94.3 Å². The number of nitrogens with two attached hydrogens (primary N) is 2.